The molecule has 1 fully saturated rings. The minimum atomic E-state index is -0.487. The zero-order chi connectivity index (χ0) is 21.7. The Hall–Kier alpha value is -2.85. The predicted octanol–water partition coefficient (Wildman–Crippen LogP) is 3.03. The van der Waals surface area contributed by atoms with Crippen molar-refractivity contribution in [3.8, 4) is 5.75 Å². The van der Waals surface area contributed by atoms with Crippen LogP contribution < -0.4 is 21.4 Å². The van der Waals surface area contributed by atoms with Crippen LogP contribution >= 0.6 is 11.3 Å². The lowest BCUT2D eigenvalue weighted by atomic mass is 10.1. The van der Waals surface area contributed by atoms with Crippen LogP contribution in [0.2, 0.25) is 0 Å². The highest BCUT2D eigenvalue weighted by Gasteiger charge is 2.31. The maximum absolute atomic E-state index is 12.2. The van der Waals surface area contributed by atoms with E-state index in [0.29, 0.717) is 25.4 Å². The van der Waals surface area contributed by atoms with Crippen molar-refractivity contribution in [1.82, 2.24) is 9.88 Å². The number of hydrogen-bond donors (Lipinski definition) is 2. The summed E-state index contributed by atoms with van der Waals surface area (Å²) in [6.45, 7) is 7.31. The molecule has 1 unspecified atom stereocenters. The summed E-state index contributed by atoms with van der Waals surface area (Å²) in [6, 6.07) is 7.27. The predicted molar refractivity (Wildman–Crippen MR) is 117 cm³/mol. The second kappa shape index (κ2) is 9.31. The van der Waals surface area contributed by atoms with Crippen molar-refractivity contribution in [2.45, 2.75) is 45.3 Å². The number of rotatable bonds is 6. The second-order valence-electron chi connectivity index (χ2n) is 8.04. The second-order valence-corrected chi connectivity index (χ2v) is 8.93. The van der Waals surface area contributed by atoms with Gasteiger partial charge < -0.3 is 20.2 Å². The Bertz CT molecular complexity index is 877. The van der Waals surface area contributed by atoms with Gasteiger partial charge in [0.2, 0.25) is 0 Å². The lowest BCUT2D eigenvalue weighted by Crippen LogP contribution is -2.35. The Morgan fingerprint density at radius 2 is 2.13 bits per heavy atom. The van der Waals surface area contributed by atoms with Crippen LogP contribution in [0.5, 0.6) is 5.75 Å². The van der Waals surface area contributed by atoms with Crippen molar-refractivity contribution in [3.63, 3.8) is 0 Å². The number of hydrazone groups is 1. The maximum Gasteiger partial charge on any atom is 0.410 e. The van der Waals surface area contributed by atoms with Crippen LogP contribution in [0.3, 0.4) is 0 Å². The molecule has 3 rings (SSSR count). The van der Waals surface area contributed by atoms with Gasteiger partial charge in [0.15, 0.2) is 0 Å². The summed E-state index contributed by atoms with van der Waals surface area (Å²) in [6.07, 6.45) is 1.94. The van der Waals surface area contributed by atoms with E-state index < -0.39 is 5.60 Å². The Kier molecular flexibility index (Phi) is 6.78. The number of benzene rings is 1. The molecule has 0 bridgehead atoms. The molecule has 9 nitrogen and oxygen atoms in total. The van der Waals surface area contributed by atoms with Crippen LogP contribution in [-0.4, -0.2) is 41.0 Å². The summed E-state index contributed by atoms with van der Waals surface area (Å²) in [7, 11) is 0. The van der Waals surface area contributed by atoms with Crippen molar-refractivity contribution in [2.24, 2.45) is 16.8 Å². The molecule has 162 valence electrons. The highest BCUT2D eigenvalue weighted by Crippen LogP contribution is 2.30. The molecule has 1 aromatic carbocycles. The van der Waals surface area contributed by atoms with Gasteiger partial charge in [-0.25, -0.2) is 15.6 Å². The number of hydrogen-bond acceptors (Lipinski definition) is 8. The van der Waals surface area contributed by atoms with E-state index in [1.807, 2.05) is 50.4 Å². The molecule has 1 aromatic heterocycles. The average molecular weight is 433 g/mol. The molecule has 0 radical (unpaired) electrons. The van der Waals surface area contributed by atoms with Gasteiger partial charge in [-0.1, -0.05) is 0 Å². The Morgan fingerprint density at radius 1 is 1.40 bits per heavy atom. The van der Waals surface area contributed by atoms with Gasteiger partial charge >= 0.3 is 6.09 Å². The molecule has 2 aromatic rings. The minimum absolute atomic E-state index is 0.232. The largest absolute Gasteiger partial charge is 0.487 e. The molecule has 1 amide bonds. The molecular formula is C20H28N6O3S. The smallest absolute Gasteiger partial charge is 0.410 e. The molecule has 0 aliphatic carbocycles. The van der Waals surface area contributed by atoms with Crippen molar-refractivity contribution in [1.29, 1.82) is 0 Å². The molecule has 30 heavy (non-hydrogen) atoms. The first-order chi connectivity index (χ1) is 14.2. The number of thiazole rings is 1. The fraction of sp³-hybridized carbons (Fsp3) is 0.450. The van der Waals surface area contributed by atoms with Gasteiger partial charge in [-0.3, -0.25) is 5.01 Å². The van der Waals surface area contributed by atoms with E-state index in [1.165, 1.54) is 11.3 Å². The van der Waals surface area contributed by atoms with Gasteiger partial charge in [0.05, 0.1) is 16.4 Å². The third kappa shape index (κ3) is 5.83. The first-order valence-corrected chi connectivity index (χ1v) is 10.6. The highest BCUT2D eigenvalue weighted by atomic mass is 32.1. The first kappa shape index (κ1) is 21.8. The normalized spacial score (nSPS) is 16.8. The number of carbonyl (C=O) groups excluding carboxylic acids is 1. The molecule has 1 saturated heterocycles. The van der Waals surface area contributed by atoms with Crippen molar-refractivity contribution >= 4 is 29.5 Å². The van der Waals surface area contributed by atoms with E-state index >= 15 is 0 Å². The Balaban J connectivity index is 1.51. The van der Waals surface area contributed by atoms with Crippen LogP contribution in [0.1, 0.15) is 43.8 Å². The number of nitrogens with zero attached hydrogens (tertiary/aromatic N) is 4. The standard InChI is InChI=1S/C20H28N6O3S/c1-20(2,3)29-19(27)25-9-8-14(10-25)18-24-15(12-30-18)11-28-17-6-4-16(5-7-17)26(22)13-23-21/h4-7,12-14H,8-11,21-22H2,1-3H3/b23-13-. The molecule has 1 aliphatic rings. The van der Waals surface area contributed by atoms with Gasteiger partial charge in [-0.05, 0) is 51.5 Å². The summed E-state index contributed by atoms with van der Waals surface area (Å²) in [5.74, 6) is 11.8. The number of nitrogens with two attached hydrogens (primary N) is 2. The molecule has 1 aliphatic heterocycles. The van der Waals surface area contributed by atoms with Gasteiger partial charge in [0, 0.05) is 24.4 Å². The SMILES string of the molecule is CC(C)(C)OC(=O)N1CCC(c2nc(COc3ccc(N(N)/C=N\N)cc3)cs2)C1. The number of amides is 1. The number of hydrazine groups is 1. The highest BCUT2D eigenvalue weighted by molar-refractivity contribution is 7.09. The number of aromatic nitrogens is 1. The molecule has 0 spiro atoms. The van der Waals surface area contributed by atoms with Gasteiger partial charge in [0.25, 0.3) is 0 Å². The quantitative estimate of drug-likeness (QED) is 0.312. The monoisotopic (exact) mass is 432 g/mol. The van der Waals surface area contributed by atoms with Crippen molar-refractivity contribution < 1.29 is 14.3 Å². The fourth-order valence-corrected chi connectivity index (χ4v) is 3.97. The summed E-state index contributed by atoms with van der Waals surface area (Å²) < 4.78 is 11.3. The molecule has 10 heteroatoms. The zero-order valence-corrected chi connectivity index (χ0v) is 18.3. The fourth-order valence-electron chi connectivity index (χ4n) is 3.04. The van der Waals surface area contributed by atoms with Crippen LogP contribution in [0, 0.1) is 0 Å². The van der Waals surface area contributed by atoms with E-state index in [4.69, 9.17) is 26.1 Å². The van der Waals surface area contributed by atoms with Gasteiger partial charge in [0.1, 0.15) is 24.3 Å². The third-order valence-electron chi connectivity index (χ3n) is 4.47. The topological polar surface area (TPSA) is 119 Å². The van der Waals surface area contributed by atoms with Crippen molar-refractivity contribution in [2.75, 3.05) is 18.1 Å². The number of ether oxygens (including phenoxy) is 2. The van der Waals surface area contributed by atoms with Gasteiger partial charge in [-0.2, -0.15) is 5.10 Å². The lowest BCUT2D eigenvalue weighted by molar-refractivity contribution is 0.0292. The van der Waals surface area contributed by atoms with E-state index in [0.717, 1.165) is 22.8 Å². The first-order valence-electron chi connectivity index (χ1n) is 9.67. The average Bonchev–Trinajstić information content (AvgIpc) is 3.35. The maximum atomic E-state index is 12.2. The molecule has 1 atom stereocenters. The van der Waals surface area contributed by atoms with E-state index in [1.54, 1.807) is 16.2 Å². The number of carbonyl (C=O) groups is 1. The van der Waals surface area contributed by atoms with Gasteiger partial charge in [-0.15, -0.1) is 11.3 Å². The van der Waals surface area contributed by atoms with Crippen molar-refractivity contribution in [3.05, 3.63) is 40.3 Å². The Labute approximate surface area is 180 Å². The molecule has 2 heterocycles. The van der Waals surface area contributed by atoms with E-state index in [2.05, 4.69) is 5.10 Å². The summed E-state index contributed by atoms with van der Waals surface area (Å²) in [4.78, 5) is 18.7. The molecule has 0 saturated carbocycles. The Morgan fingerprint density at radius 3 is 2.80 bits per heavy atom. The van der Waals surface area contributed by atoms with E-state index in [-0.39, 0.29) is 12.0 Å². The summed E-state index contributed by atoms with van der Waals surface area (Å²) in [5.41, 5.74) is 1.12. The summed E-state index contributed by atoms with van der Waals surface area (Å²) in [5, 5.41) is 7.72. The van der Waals surface area contributed by atoms with E-state index in [9.17, 15) is 4.79 Å². The molecule has 4 N–H and O–H groups in total. The van der Waals surface area contributed by atoms with Crippen LogP contribution in [0.25, 0.3) is 0 Å². The van der Waals surface area contributed by atoms with Crippen LogP contribution in [0.15, 0.2) is 34.7 Å². The zero-order valence-electron chi connectivity index (χ0n) is 17.4. The minimum Gasteiger partial charge on any atom is -0.487 e. The summed E-state index contributed by atoms with van der Waals surface area (Å²) >= 11 is 1.60. The number of likely N-dealkylation sites (tertiary alicyclic amines) is 1. The molecular weight excluding hydrogens is 404 g/mol. The third-order valence-corrected chi connectivity index (χ3v) is 5.53. The number of anilines is 1. The van der Waals surface area contributed by atoms with Crippen LogP contribution in [0.4, 0.5) is 10.5 Å². The van der Waals surface area contributed by atoms with Crippen LogP contribution in [-0.2, 0) is 11.3 Å². The lowest BCUT2D eigenvalue weighted by Gasteiger charge is -2.24.